The quantitative estimate of drug-likeness (QED) is 0.251. The van der Waals surface area contributed by atoms with Crippen LogP contribution in [0.5, 0.6) is 0 Å². The molecule has 0 aliphatic heterocycles. The number of hydrogen-bond acceptors (Lipinski definition) is 14. The van der Waals surface area contributed by atoms with Crippen LogP contribution < -0.4 is 5.32 Å². The van der Waals surface area contributed by atoms with Gasteiger partial charge in [-0.2, -0.15) is 0 Å². The monoisotopic (exact) mass is 615 g/mol. The molecule has 1 amide bonds. The number of esters is 2. The van der Waals surface area contributed by atoms with E-state index in [1.807, 2.05) is 0 Å². The number of carbonyl (C=O) groups excluding carboxylic acids is 5. The Morgan fingerprint density at radius 1 is 0.561 bits per heavy atom. The summed E-state index contributed by atoms with van der Waals surface area (Å²) in [7, 11) is 13.1. The molecule has 0 aromatic heterocycles. The second kappa shape index (κ2) is 56.9. The number of ether oxygens (including phenoxy) is 9. The summed E-state index contributed by atoms with van der Waals surface area (Å²) in [5.41, 5.74) is 0. The summed E-state index contributed by atoms with van der Waals surface area (Å²) in [6.07, 6.45) is -1.55. The Bertz CT molecular complexity index is 520. The van der Waals surface area contributed by atoms with Gasteiger partial charge in [0.15, 0.2) is 0 Å². The number of methoxy groups -OCH3 is 7. The van der Waals surface area contributed by atoms with Crippen LogP contribution in [0.4, 0.5) is 9.59 Å². The molecule has 15 nitrogen and oxygen atoms in total. The van der Waals surface area contributed by atoms with E-state index >= 15 is 0 Å². The molecule has 15 heteroatoms. The first kappa shape index (κ1) is 71.3. The van der Waals surface area contributed by atoms with Gasteiger partial charge in [-0.05, 0) is 0 Å². The molecule has 0 rings (SSSR count). The Morgan fingerprint density at radius 3 is 0.927 bits per heavy atom. The van der Waals surface area contributed by atoms with Gasteiger partial charge in [0.25, 0.3) is 5.79 Å². The van der Waals surface area contributed by atoms with E-state index in [1.54, 1.807) is 35.5 Å². The highest BCUT2D eigenvalue weighted by Gasteiger charge is 2.26. The van der Waals surface area contributed by atoms with Crippen molar-refractivity contribution in [3.63, 3.8) is 0 Å². The minimum Gasteiger partial charge on any atom is -0.469 e. The maximum absolute atomic E-state index is 10.6. The predicted molar refractivity (Wildman–Crippen MR) is 162 cm³/mol. The zero-order valence-electron chi connectivity index (χ0n) is 23.9. The lowest BCUT2D eigenvalue weighted by molar-refractivity contribution is -0.197. The van der Waals surface area contributed by atoms with Gasteiger partial charge in [-0.3, -0.25) is 14.4 Å². The van der Waals surface area contributed by atoms with Crippen LogP contribution >= 0.6 is 0 Å². The van der Waals surface area contributed by atoms with E-state index in [9.17, 15) is 24.0 Å². The molecular weight excluding hydrogens is 550 g/mol. The highest BCUT2D eigenvalue weighted by atomic mass is 16.8. The first-order valence-electron chi connectivity index (χ1n) is 9.75. The fourth-order valence-electron chi connectivity index (χ4n) is 0.811. The van der Waals surface area contributed by atoms with Crippen molar-refractivity contribution in [1.82, 2.24) is 5.32 Å². The Balaban J connectivity index is -0.0000000303. The molecule has 0 saturated heterocycles. The van der Waals surface area contributed by atoms with Crippen molar-refractivity contribution in [1.29, 1.82) is 0 Å². The number of amides is 1. The second-order valence-electron chi connectivity index (χ2n) is 5.81. The normalized spacial score (nSPS) is 7.17. The lowest BCUT2D eigenvalue weighted by Gasteiger charge is -2.22. The van der Waals surface area contributed by atoms with Gasteiger partial charge in [0.05, 0.1) is 28.4 Å². The minimum atomic E-state index is -1.28. The van der Waals surface area contributed by atoms with E-state index in [1.165, 1.54) is 63.1 Å². The first-order valence-corrected chi connectivity index (χ1v) is 9.75. The molecule has 258 valence electrons. The van der Waals surface area contributed by atoms with Crippen LogP contribution in [0.3, 0.4) is 0 Å². The second-order valence-corrected chi connectivity index (χ2v) is 5.81. The Kier molecular flexibility index (Phi) is 98.9. The van der Waals surface area contributed by atoms with Crippen molar-refractivity contribution in [3.8, 4) is 0 Å². The number of carbonyl (C=O) groups is 5. The van der Waals surface area contributed by atoms with Crippen LogP contribution in [0.1, 0.15) is 71.8 Å². The molecule has 0 heterocycles. The predicted octanol–water partition coefficient (Wildman–Crippen LogP) is 5.08. The number of hydrogen-bond donors (Lipinski definition) is 1. The Morgan fingerprint density at radius 2 is 0.829 bits per heavy atom. The molecular formula is C26H65NO14. The zero-order chi connectivity index (χ0) is 30.2. The first-order chi connectivity index (χ1) is 16.5. The van der Waals surface area contributed by atoms with Crippen molar-refractivity contribution in [3.05, 3.63) is 0 Å². The van der Waals surface area contributed by atoms with E-state index in [0.717, 1.165) is 0 Å². The van der Waals surface area contributed by atoms with Crippen LogP contribution in [-0.2, 0) is 57.0 Å². The molecule has 0 saturated carbocycles. The van der Waals surface area contributed by atoms with Gasteiger partial charge < -0.3 is 47.9 Å². The third kappa shape index (κ3) is 126. The molecule has 0 aliphatic rings. The molecule has 0 aliphatic carbocycles. The molecule has 0 bridgehead atoms. The largest absolute Gasteiger partial charge is 0.511 e. The SMILES string of the molecule is C.C.C.C.C.CNC(C)=O.COC.COC(=O)OC.COC(=O)OC(C)(C)OC(C)=O.COC(C)=O.COCOC. The minimum absolute atomic E-state index is 0. The summed E-state index contributed by atoms with van der Waals surface area (Å²) in [6.45, 7) is 7.32. The van der Waals surface area contributed by atoms with E-state index in [0.29, 0.717) is 6.79 Å². The van der Waals surface area contributed by atoms with Gasteiger partial charge in [-0.15, -0.1) is 0 Å². The van der Waals surface area contributed by atoms with Crippen molar-refractivity contribution in [2.24, 2.45) is 0 Å². The van der Waals surface area contributed by atoms with Crippen LogP contribution in [0.2, 0.25) is 0 Å². The van der Waals surface area contributed by atoms with E-state index in [-0.39, 0.29) is 49.0 Å². The van der Waals surface area contributed by atoms with Crippen LogP contribution in [0, 0.1) is 0 Å². The van der Waals surface area contributed by atoms with Crippen molar-refractivity contribution in [2.45, 2.75) is 77.5 Å². The standard InChI is InChI=1S/C7H12O5.C3H7NO.C3H6O3.C3H8O2.C3H6O2.C2H6O.5CH4/c1-5(8)11-7(2,3)12-6(9)10-4;1-3(5)4-2;1-5-3(4)6-2;1-4-3-5-2;1-3(4)5-2;1-3-2;;;;;/h1-4H3;1-2H3,(H,4,5);1-2H3;3H2,1-2H3;1-2H3;1-2H3;5*1H4. The summed E-state index contributed by atoms with van der Waals surface area (Å²) in [6, 6.07) is 0. The third-order valence-corrected chi connectivity index (χ3v) is 2.09. The molecule has 41 heavy (non-hydrogen) atoms. The van der Waals surface area contributed by atoms with E-state index in [2.05, 4.69) is 47.9 Å². The molecule has 0 spiro atoms. The Labute approximate surface area is 250 Å². The molecule has 0 atom stereocenters. The average Bonchev–Trinajstić information content (AvgIpc) is 2.79. The summed E-state index contributed by atoms with van der Waals surface area (Å²) < 4.78 is 38.8. The lowest BCUT2D eigenvalue weighted by Crippen LogP contribution is -2.33. The van der Waals surface area contributed by atoms with Gasteiger partial charge in [0, 0.05) is 70.1 Å². The van der Waals surface area contributed by atoms with Gasteiger partial charge in [0.2, 0.25) is 5.91 Å². The highest BCUT2D eigenvalue weighted by molar-refractivity contribution is 5.72. The summed E-state index contributed by atoms with van der Waals surface area (Å²) in [5.74, 6) is -2.04. The van der Waals surface area contributed by atoms with E-state index in [4.69, 9.17) is 0 Å². The fourth-order valence-corrected chi connectivity index (χ4v) is 0.811. The third-order valence-electron chi connectivity index (χ3n) is 2.09. The topological polar surface area (TPSA) is 180 Å². The van der Waals surface area contributed by atoms with Gasteiger partial charge in [-0.25, -0.2) is 9.59 Å². The molecule has 0 radical (unpaired) electrons. The molecule has 1 N–H and O–H groups in total. The van der Waals surface area contributed by atoms with Crippen LogP contribution in [0.25, 0.3) is 0 Å². The van der Waals surface area contributed by atoms with Crippen LogP contribution in [-0.4, -0.2) is 107 Å². The fraction of sp³-hybridized carbons (Fsp3) is 0.808. The van der Waals surface area contributed by atoms with Crippen LogP contribution in [0.15, 0.2) is 0 Å². The van der Waals surface area contributed by atoms with Gasteiger partial charge >= 0.3 is 24.2 Å². The highest BCUT2D eigenvalue weighted by Crippen LogP contribution is 2.11. The average molecular weight is 616 g/mol. The molecule has 0 aromatic rings. The van der Waals surface area contributed by atoms with Crippen molar-refractivity contribution >= 4 is 30.2 Å². The summed E-state index contributed by atoms with van der Waals surface area (Å²) >= 11 is 0. The summed E-state index contributed by atoms with van der Waals surface area (Å²) in [5, 5.41) is 2.39. The zero-order valence-corrected chi connectivity index (χ0v) is 23.9. The Hall–Kier alpha value is -3.17. The van der Waals surface area contributed by atoms with E-state index < -0.39 is 24.1 Å². The van der Waals surface area contributed by atoms with Gasteiger partial charge in [-0.1, -0.05) is 37.1 Å². The maximum Gasteiger partial charge on any atom is 0.511 e. The molecule has 0 unspecified atom stereocenters. The molecule has 0 fully saturated rings. The molecule has 0 aromatic carbocycles. The smallest absolute Gasteiger partial charge is 0.469 e. The van der Waals surface area contributed by atoms with Gasteiger partial charge in [0.1, 0.15) is 6.79 Å². The van der Waals surface area contributed by atoms with Crippen molar-refractivity contribution < 1.29 is 66.6 Å². The lowest BCUT2D eigenvalue weighted by atomic mass is 10.4. The maximum atomic E-state index is 10.6. The summed E-state index contributed by atoms with van der Waals surface area (Å²) in [4.78, 5) is 50.1. The number of nitrogens with one attached hydrogen (secondary N) is 1. The number of rotatable bonds is 4. The van der Waals surface area contributed by atoms with Crippen molar-refractivity contribution in [2.75, 3.05) is 70.7 Å².